The average molecular weight is 439 g/mol. The van der Waals surface area contributed by atoms with Crippen LogP contribution in [0.25, 0.3) is 11.3 Å². The molecule has 1 fully saturated rings. The maximum Gasteiger partial charge on any atom is 0.213 e. The molecule has 3 N–H and O–H groups in total. The second-order valence-electron chi connectivity index (χ2n) is 8.29. The van der Waals surface area contributed by atoms with Gasteiger partial charge in [-0.15, -0.1) is 0 Å². The van der Waals surface area contributed by atoms with E-state index in [2.05, 4.69) is 20.4 Å². The molecule has 0 saturated heterocycles. The largest absolute Gasteiger partial charge is 0.473 e. The van der Waals surface area contributed by atoms with Gasteiger partial charge in [0.05, 0.1) is 12.2 Å². The molecule has 8 heteroatoms. The van der Waals surface area contributed by atoms with Crippen molar-refractivity contribution in [2.24, 2.45) is 0 Å². The van der Waals surface area contributed by atoms with Gasteiger partial charge in [0.25, 0.3) is 0 Å². The summed E-state index contributed by atoms with van der Waals surface area (Å²) in [6.45, 7) is 4.24. The lowest BCUT2D eigenvalue weighted by molar-refractivity contribution is 0.101. The molecule has 4 rings (SSSR count). The van der Waals surface area contributed by atoms with Crippen LogP contribution in [0.5, 0.6) is 5.88 Å². The van der Waals surface area contributed by atoms with Gasteiger partial charge in [-0.25, -0.2) is 4.98 Å². The van der Waals surface area contributed by atoms with Gasteiger partial charge >= 0.3 is 0 Å². The highest BCUT2D eigenvalue weighted by Crippen LogP contribution is 2.44. The predicted molar refractivity (Wildman–Crippen MR) is 119 cm³/mol. The summed E-state index contributed by atoms with van der Waals surface area (Å²) in [6, 6.07) is 7.27. The van der Waals surface area contributed by atoms with E-state index >= 15 is 0 Å². The van der Waals surface area contributed by atoms with Gasteiger partial charge < -0.3 is 19.5 Å². The van der Waals surface area contributed by atoms with Crippen molar-refractivity contribution in [1.29, 1.82) is 0 Å². The Morgan fingerprint density at radius 3 is 2.66 bits per heavy atom. The fourth-order valence-electron chi connectivity index (χ4n) is 3.64. The van der Waals surface area contributed by atoms with E-state index in [4.69, 9.17) is 9.26 Å². The maximum absolute atomic E-state index is 10.4. The molecule has 0 bridgehead atoms. The van der Waals surface area contributed by atoms with Crippen LogP contribution in [0.3, 0.4) is 0 Å². The number of aromatic nitrogens is 3. The molecule has 1 aliphatic rings. The molecule has 32 heavy (non-hydrogen) atoms. The van der Waals surface area contributed by atoms with E-state index in [-0.39, 0.29) is 19.3 Å². The number of nitrogens with one attached hydrogen (secondary N) is 1. The summed E-state index contributed by atoms with van der Waals surface area (Å²) in [7, 11) is 0. The molecule has 0 aliphatic heterocycles. The highest BCUT2D eigenvalue weighted by Gasteiger charge is 2.33. The number of aliphatic hydroxyl groups excluding tert-OH is 2. The van der Waals surface area contributed by atoms with Gasteiger partial charge in [-0.2, -0.15) is 0 Å². The number of ether oxygens (including phenoxy) is 1. The monoisotopic (exact) mass is 438 g/mol. The molecule has 0 amide bonds. The van der Waals surface area contributed by atoms with Gasteiger partial charge in [-0.05, 0) is 44.4 Å². The van der Waals surface area contributed by atoms with Crippen molar-refractivity contribution >= 4 is 0 Å². The van der Waals surface area contributed by atoms with Gasteiger partial charge in [0.1, 0.15) is 24.3 Å². The lowest BCUT2D eigenvalue weighted by atomic mass is 10.1. The lowest BCUT2D eigenvalue weighted by Crippen LogP contribution is -2.35. The zero-order valence-corrected chi connectivity index (χ0v) is 18.5. The van der Waals surface area contributed by atoms with Gasteiger partial charge in [-0.1, -0.05) is 18.5 Å². The summed E-state index contributed by atoms with van der Waals surface area (Å²) in [5.41, 5.74) is 4.13. The molecule has 1 unspecified atom stereocenters. The smallest absolute Gasteiger partial charge is 0.213 e. The number of hydrogen-bond donors (Lipinski definition) is 3. The van der Waals surface area contributed by atoms with Crippen LogP contribution in [-0.4, -0.2) is 38.0 Å². The highest BCUT2D eigenvalue weighted by atomic mass is 16.5. The molecule has 1 saturated carbocycles. The third-order valence-corrected chi connectivity index (χ3v) is 5.64. The van der Waals surface area contributed by atoms with Crippen LogP contribution in [0.1, 0.15) is 67.3 Å². The van der Waals surface area contributed by atoms with Crippen molar-refractivity contribution in [3.8, 4) is 17.1 Å². The molecular formula is C24H30N4O4. The Morgan fingerprint density at radius 1 is 1.19 bits per heavy atom. The topological polar surface area (TPSA) is 114 Å². The van der Waals surface area contributed by atoms with Crippen molar-refractivity contribution in [1.82, 2.24) is 20.4 Å². The fraction of sp³-hybridized carbons (Fsp3) is 0.458. The fourth-order valence-corrected chi connectivity index (χ4v) is 3.64. The van der Waals surface area contributed by atoms with E-state index in [1.807, 2.05) is 26.0 Å². The minimum absolute atomic E-state index is 0.0274. The van der Waals surface area contributed by atoms with Crippen molar-refractivity contribution < 1.29 is 19.5 Å². The molecule has 170 valence electrons. The minimum Gasteiger partial charge on any atom is -0.473 e. The Bertz CT molecular complexity index is 1000. The molecular weight excluding hydrogens is 408 g/mol. The third kappa shape index (κ3) is 5.32. The molecule has 1 aliphatic carbocycles. The molecule has 0 radical (unpaired) electrons. The Morgan fingerprint density at radius 2 is 2.03 bits per heavy atom. The van der Waals surface area contributed by atoms with Gasteiger partial charge in [0.15, 0.2) is 0 Å². The summed E-state index contributed by atoms with van der Waals surface area (Å²) in [5, 5.41) is 27.1. The Labute approximate surface area is 187 Å². The predicted octanol–water partition coefficient (Wildman–Crippen LogP) is 3.64. The number of aliphatic hydroxyl groups is 2. The second-order valence-corrected chi connectivity index (χ2v) is 8.29. The van der Waals surface area contributed by atoms with Crippen LogP contribution < -0.4 is 10.1 Å². The third-order valence-electron chi connectivity index (χ3n) is 5.64. The second kappa shape index (κ2) is 10.2. The van der Waals surface area contributed by atoms with E-state index in [9.17, 15) is 10.2 Å². The summed E-state index contributed by atoms with van der Waals surface area (Å²) >= 11 is 0. The Hall–Kier alpha value is -2.81. The summed E-state index contributed by atoms with van der Waals surface area (Å²) < 4.78 is 11.6. The first-order chi connectivity index (χ1) is 15.6. The zero-order valence-electron chi connectivity index (χ0n) is 18.5. The van der Waals surface area contributed by atoms with Crippen LogP contribution in [0.15, 0.2) is 41.2 Å². The molecule has 0 aromatic carbocycles. The SMILES string of the molecule is CCC[C@@H](CO)NC(O)c1ccc(OCc2c(-c3ccc(C)nc3)noc2C2CC2)nc1. The van der Waals surface area contributed by atoms with Crippen LogP contribution in [0, 0.1) is 6.92 Å². The summed E-state index contributed by atoms with van der Waals surface area (Å²) in [4.78, 5) is 8.70. The standard InChI is InChI=1S/C24H30N4O4/c1-3-4-19(13-29)27-24(30)18-9-10-21(26-12-18)31-14-20-22(17-6-5-15(2)25-11-17)28-32-23(20)16-7-8-16/h5-6,9-12,16,19,24,27,29-30H,3-4,7-8,13-14H2,1-2H3/t19-,24?/m0/s1. The number of pyridine rings is 2. The average Bonchev–Trinajstić information content (AvgIpc) is 3.57. The Balaban J connectivity index is 1.44. The van der Waals surface area contributed by atoms with E-state index < -0.39 is 6.23 Å². The molecule has 8 nitrogen and oxygen atoms in total. The van der Waals surface area contributed by atoms with E-state index in [0.717, 1.165) is 54.0 Å². The maximum atomic E-state index is 10.4. The van der Waals surface area contributed by atoms with Crippen molar-refractivity contribution in [2.75, 3.05) is 6.61 Å². The molecule has 3 aromatic rings. The summed E-state index contributed by atoms with van der Waals surface area (Å²) in [6.07, 6.45) is 6.36. The zero-order chi connectivity index (χ0) is 22.5. The van der Waals surface area contributed by atoms with Crippen LogP contribution in [0.2, 0.25) is 0 Å². The number of aryl methyl sites for hydroxylation is 1. The molecule has 3 heterocycles. The number of rotatable bonds is 11. The lowest BCUT2D eigenvalue weighted by Gasteiger charge is -2.20. The first-order valence-electron chi connectivity index (χ1n) is 11.1. The minimum atomic E-state index is -0.902. The van der Waals surface area contributed by atoms with Crippen LogP contribution in [-0.2, 0) is 6.61 Å². The number of nitrogens with zero attached hydrogens (tertiary/aromatic N) is 3. The summed E-state index contributed by atoms with van der Waals surface area (Å²) in [5.74, 6) is 1.72. The van der Waals surface area contributed by atoms with Crippen molar-refractivity contribution in [3.63, 3.8) is 0 Å². The van der Waals surface area contributed by atoms with Gasteiger partial charge in [-0.3, -0.25) is 10.3 Å². The van der Waals surface area contributed by atoms with Gasteiger partial charge in [0, 0.05) is 47.2 Å². The highest BCUT2D eigenvalue weighted by molar-refractivity contribution is 5.63. The first kappa shape index (κ1) is 22.4. The number of hydrogen-bond acceptors (Lipinski definition) is 8. The van der Waals surface area contributed by atoms with Crippen LogP contribution in [0.4, 0.5) is 0 Å². The van der Waals surface area contributed by atoms with E-state index in [1.165, 1.54) is 0 Å². The first-order valence-corrected chi connectivity index (χ1v) is 11.1. The van der Waals surface area contributed by atoms with Crippen molar-refractivity contribution in [3.05, 3.63) is 59.2 Å². The quantitative estimate of drug-likeness (QED) is 0.389. The van der Waals surface area contributed by atoms with Gasteiger partial charge in [0.2, 0.25) is 5.88 Å². The van der Waals surface area contributed by atoms with Crippen molar-refractivity contribution in [2.45, 2.75) is 64.3 Å². The normalized spacial score (nSPS) is 15.5. The molecule has 3 aromatic heterocycles. The Kier molecular flexibility index (Phi) is 7.14. The van der Waals surface area contributed by atoms with E-state index in [1.54, 1.807) is 24.5 Å². The molecule has 0 spiro atoms. The van der Waals surface area contributed by atoms with E-state index in [0.29, 0.717) is 17.4 Å². The van der Waals surface area contributed by atoms with Crippen LogP contribution >= 0.6 is 0 Å². The molecule has 2 atom stereocenters.